The Hall–Kier alpha value is -0.400. The summed E-state index contributed by atoms with van der Waals surface area (Å²) in [6.07, 6.45) is 11.9. The van der Waals surface area contributed by atoms with Crippen molar-refractivity contribution in [3.8, 4) is 0 Å². The van der Waals surface area contributed by atoms with Crippen molar-refractivity contribution in [1.82, 2.24) is 0 Å². The van der Waals surface area contributed by atoms with Gasteiger partial charge in [0.15, 0.2) is 12.0 Å². The molecule has 4 aliphatic carbocycles. The molecule has 1 unspecified atom stereocenters. The molecule has 4 aliphatic rings. The van der Waals surface area contributed by atoms with Gasteiger partial charge in [-0.05, 0) is 97.2 Å². The minimum atomic E-state index is -1.19. The number of Topliss-reactive ketones (excluding diaryl/α,β-unsaturated/α-hetero) is 1. The Bertz CT molecular complexity index is 614. The molecule has 0 aromatic rings. The number of hydrogen-bond acceptors (Lipinski definition) is 1. The van der Waals surface area contributed by atoms with E-state index in [-0.39, 0.29) is 11.2 Å². The van der Waals surface area contributed by atoms with Crippen molar-refractivity contribution in [2.45, 2.75) is 111 Å². The summed E-state index contributed by atoms with van der Waals surface area (Å²) < 4.78 is 14.5. The van der Waals surface area contributed by atoms with Crippen LogP contribution in [0.5, 0.6) is 0 Å². The molecule has 0 aromatic heterocycles. The van der Waals surface area contributed by atoms with E-state index in [0.29, 0.717) is 30.1 Å². The third-order valence-corrected chi connectivity index (χ3v) is 10.7. The second kappa shape index (κ2) is 7.94. The molecule has 0 aromatic carbocycles. The van der Waals surface area contributed by atoms with Crippen LogP contribution in [-0.2, 0) is 4.79 Å². The Morgan fingerprint density at radius 1 is 0.966 bits per heavy atom. The summed E-state index contributed by atoms with van der Waals surface area (Å²) >= 11 is 0. The van der Waals surface area contributed by atoms with Crippen LogP contribution in [-0.4, -0.2) is 12.0 Å². The number of carbonyl (C=O) groups excluding carboxylic acids is 1. The van der Waals surface area contributed by atoms with Gasteiger partial charge < -0.3 is 0 Å². The predicted molar refractivity (Wildman–Crippen MR) is 118 cm³/mol. The molecule has 9 atom stereocenters. The van der Waals surface area contributed by atoms with Crippen LogP contribution in [0, 0.1) is 52.3 Å². The van der Waals surface area contributed by atoms with Crippen LogP contribution in [0.1, 0.15) is 105 Å². The van der Waals surface area contributed by atoms with E-state index < -0.39 is 6.17 Å². The molecular weight excluding hydrogens is 359 g/mol. The van der Waals surface area contributed by atoms with E-state index in [2.05, 4.69) is 34.6 Å². The molecule has 4 fully saturated rings. The summed E-state index contributed by atoms with van der Waals surface area (Å²) in [4.78, 5) is 12.1. The molecule has 0 bridgehead atoms. The zero-order valence-electron chi connectivity index (χ0n) is 19.7. The van der Waals surface area contributed by atoms with Crippen LogP contribution in [0.2, 0.25) is 0 Å². The largest absolute Gasteiger partial charge is 0.296 e. The van der Waals surface area contributed by atoms with Gasteiger partial charge in [0.1, 0.15) is 0 Å². The molecule has 0 heterocycles. The van der Waals surface area contributed by atoms with Crippen LogP contribution in [0.3, 0.4) is 0 Å². The number of alkyl halides is 1. The van der Waals surface area contributed by atoms with Crippen LogP contribution in [0.15, 0.2) is 0 Å². The van der Waals surface area contributed by atoms with Gasteiger partial charge in [0.25, 0.3) is 0 Å². The molecule has 2 heteroatoms. The summed E-state index contributed by atoms with van der Waals surface area (Å²) in [7, 11) is 0. The third-order valence-electron chi connectivity index (χ3n) is 10.7. The molecule has 0 radical (unpaired) electrons. The molecule has 1 nitrogen and oxygen atoms in total. The Labute approximate surface area is 179 Å². The van der Waals surface area contributed by atoms with Crippen molar-refractivity contribution in [1.29, 1.82) is 0 Å². The van der Waals surface area contributed by atoms with E-state index in [4.69, 9.17) is 0 Å². The standard InChI is InChI=1S/C27H45FO/c1-17(2)7-6-8-18(3)21-11-12-22-20-10-9-19-15-25(29)24(28)16-27(19,5)23(20)13-14-26(21,22)4/h17-24H,6-16H2,1-5H3/t18-,19?,20+,21-,22+,23+,24-,26-,27+/m1/s1. The minimum Gasteiger partial charge on any atom is -0.296 e. The van der Waals surface area contributed by atoms with Crippen LogP contribution in [0.4, 0.5) is 4.39 Å². The lowest BCUT2D eigenvalue weighted by atomic mass is 9.44. The normalized spacial score (nSPS) is 48.2. The average molecular weight is 405 g/mol. The maximum absolute atomic E-state index is 14.5. The SMILES string of the molecule is CC(C)CCC[C@@H](C)[C@H]1CC[C@H]2[C@@H]3CCC4CC(=O)[C@H](F)C[C@]4(C)[C@H]3CC[C@]12C. The second-order valence-electron chi connectivity index (χ2n) is 12.5. The van der Waals surface area contributed by atoms with E-state index in [9.17, 15) is 9.18 Å². The predicted octanol–water partition coefficient (Wildman–Crippen LogP) is 7.62. The van der Waals surface area contributed by atoms with Gasteiger partial charge in [-0.1, -0.05) is 53.9 Å². The summed E-state index contributed by atoms with van der Waals surface area (Å²) in [6.45, 7) is 12.2. The van der Waals surface area contributed by atoms with Gasteiger partial charge in [0.05, 0.1) is 0 Å². The van der Waals surface area contributed by atoms with Gasteiger partial charge >= 0.3 is 0 Å². The second-order valence-corrected chi connectivity index (χ2v) is 12.5. The molecular formula is C27H45FO. The molecule has 166 valence electrons. The van der Waals surface area contributed by atoms with Crippen molar-refractivity contribution in [2.24, 2.45) is 52.3 Å². The first-order valence-electron chi connectivity index (χ1n) is 12.8. The number of hydrogen-bond donors (Lipinski definition) is 0. The first kappa shape index (κ1) is 21.8. The Morgan fingerprint density at radius 3 is 2.41 bits per heavy atom. The molecule has 0 aliphatic heterocycles. The minimum absolute atomic E-state index is 0.0680. The summed E-state index contributed by atoms with van der Waals surface area (Å²) in [5.41, 5.74) is 0.569. The smallest absolute Gasteiger partial charge is 0.167 e. The first-order chi connectivity index (χ1) is 13.7. The molecule has 0 spiro atoms. The van der Waals surface area contributed by atoms with Gasteiger partial charge in [-0.15, -0.1) is 0 Å². The fraction of sp³-hybridized carbons (Fsp3) is 0.963. The van der Waals surface area contributed by atoms with E-state index in [0.717, 1.165) is 36.0 Å². The highest BCUT2D eigenvalue weighted by molar-refractivity contribution is 5.84. The summed E-state index contributed by atoms with van der Waals surface area (Å²) in [5.74, 6) is 5.16. The van der Waals surface area contributed by atoms with Crippen molar-refractivity contribution in [2.75, 3.05) is 0 Å². The van der Waals surface area contributed by atoms with Gasteiger partial charge in [0.2, 0.25) is 0 Å². The fourth-order valence-electron chi connectivity index (χ4n) is 9.08. The summed E-state index contributed by atoms with van der Waals surface area (Å²) in [5, 5.41) is 0. The number of rotatable bonds is 5. The van der Waals surface area contributed by atoms with Crippen molar-refractivity contribution >= 4 is 5.78 Å². The lowest BCUT2D eigenvalue weighted by Crippen LogP contribution is -2.55. The zero-order chi connectivity index (χ0) is 21.0. The van der Waals surface area contributed by atoms with Crippen molar-refractivity contribution < 1.29 is 9.18 Å². The van der Waals surface area contributed by atoms with Gasteiger partial charge in [-0.25, -0.2) is 4.39 Å². The van der Waals surface area contributed by atoms with Crippen LogP contribution >= 0.6 is 0 Å². The Morgan fingerprint density at radius 2 is 1.69 bits per heavy atom. The van der Waals surface area contributed by atoms with E-state index in [1.807, 2.05) is 0 Å². The Kier molecular flexibility index (Phi) is 5.97. The maximum atomic E-state index is 14.5. The first-order valence-corrected chi connectivity index (χ1v) is 12.8. The van der Waals surface area contributed by atoms with Crippen molar-refractivity contribution in [3.05, 3.63) is 0 Å². The van der Waals surface area contributed by atoms with Crippen LogP contribution < -0.4 is 0 Å². The van der Waals surface area contributed by atoms with Crippen LogP contribution in [0.25, 0.3) is 0 Å². The molecule has 0 N–H and O–H groups in total. The lowest BCUT2D eigenvalue weighted by Gasteiger charge is -2.60. The van der Waals surface area contributed by atoms with E-state index >= 15 is 0 Å². The fourth-order valence-corrected chi connectivity index (χ4v) is 9.08. The number of carbonyl (C=O) groups is 1. The quantitative estimate of drug-likeness (QED) is 0.460. The molecule has 29 heavy (non-hydrogen) atoms. The highest BCUT2D eigenvalue weighted by Gasteiger charge is 2.61. The molecule has 4 rings (SSSR count). The molecule has 4 saturated carbocycles. The highest BCUT2D eigenvalue weighted by atomic mass is 19.1. The highest BCUT2D eigenvalue weighted by Crippen LogP contribution is 2.68. The number of ketones is 1. The van der Waals surface area contributed by atoms with Gasteiger partial charge in [-0.3, -0.25) is 4.79 Å². The van der Waals surface area contributed by atoms with E-state index in [1.54, 1.807) is 0 Å². The lowest BCUT2D eigenvalue weighted by molar-refractivity contribution is -0.150. The zero-order valence-corrected chi connectivity index (χ0v) is 19.7. The molecule has 0 saturated heterocycles. The van der Waals surface area contributed by atoms with Gasteiger partial charge in [0, 0.05) is 6.42 Å². The average Bonchev–Trinajstić information content (AvgIpc) is 3.00. The third kappa shape index (κ3) is 3.63. The Balaban J connectivity index is 1.48. The monoisotopic (exact) mass is 404 g/mol. The summed E-state index contributed by atoms with van der Waals surface area (Å²) in [6, 6.07) is 0. The van der Waals surface area contributed by atoms with E-state index in [1.165, 1.54) is 51.4 Å². The van der Waals surface area contributed by atoms with Gasteiger partial charge in [-0.2, -0.15) is 0 Å². The molecule has 0 amide bonds. The topological polar surface area (TPSA) is 17.1 Å². The van der Waals surface area contributed by atoms with Crippen molar-refractivity contribution in [3.63, 3.8) is 0 Å². The number of halogens is 1. The number of fused-ring (bicyclic) bond motifs is 5. The maximum Gasteiger partial charge on any atom is 0.167 e.